The van der Waals surface area contributed by atoms with E-state index in [0.29, 0.717) is 18.1 Å². The van der Waals surface area contributed by atoms with Gasteiger partial charge in [-0.05, 0) is 71.7 Å². The molecule has 0 saturated heterocycles. The van der Waals surface area contributed by atoms with E-state index in [-0.39, 0.29) is 0 Å². The third-order valence-electron chi connectivity index (χ3n) is 7.74. The van der Waals surface area contributed by atoms with Gasteiger partial charge in [-0.2, -0.15) is 0 Å². The summed E-state index contributed by atoms with van der Waals surface area (Å²) < 4.78 is 6.07. The normalized spacial score (nSPS) is 13.4. The summed E-state index contributed by atoms with van der Waals surface area (Å²) in [6, 6.07) is 22.6. The number of carboxylic acid groups (broad SMARTS) is 1. The van der Waals surface area contributed by atoms with Gasteiger partial charge in [-0.3, -0.25) is 4.90 Å². The lowest BCUT2D eigenvalue weighted by molar-refractivity contribution is 0.0696. The molecule has 0 fully saturated rings. The molecule has 0 radical (unpaired) electrons. The average Bonchev–Trinajstić information content (AvgIpc) is 3.44. The van der Waals surface area contributed by atoms with E-state index in [1.165, 1.54) is 36.8 Å². The predicted octanol–water partition coefficient (Wildman–Crippen LogP) is 8.33. The maximum Gasteiger partial charge on any atom is 0.335 e. The number of thiazole rings is 1. The molecule has 0 saturated carbocycles. The Morgan fingerprint density at radius 3 is 2.45 bits per heavy atom. The molecule has 0 aliphatic carbocycles. The number of aromatic nitrogens is 1. The molecule has 1 aliphatic rings. The summed E-state index contributed by atoms with van der Waals surface area (Å²) in [5.74, 6) is 0.675. The number of carbonyl (C=O) groups is 1. The van der Waals surface area contributed by atoms with Crippen LogP contribution in [0.3, 0.4) is 0 Å². The number of rotatable bonds is 12. The van der Waals surface area contributed by atoms with Crippen LogP contribution in [-0.2, 0) is 26.1 Å². The van der Waals surface area contributed by atoms with Gasteiger partial charge in [0.1, 0.15) is 17.4 Å². The Morgan fingerprint density at radius 1 is 1.00 bits per heavy atom. The molecule has 4 aromatic rings. The van der Waals surface area contributed by atoms with Gasteiger partial charge < -0.3 is 9.84 Å². The predicted molar refractivity (Wildman–Crippen MR) is 162 cm³/mol. The maximum absolute atomic E-state index is 11.4. The van der Waals surface area contributed by atoms with Gasteiger partial charge in [-0.1, -0.05) is 69.2 Å². The van der Waals surface area contributed by atoms with E-state index in [2.05, 4.69) is 72.7 Å². The maximum atomic E-state index is 11.4. The summed E-state index contributed by atoms with van der Waals surface area (Å²) in [6.07, 6.45) is 5.84. The van der Waals surface area contributed by atoms with E-state index >= 15 is 0 Å². The van der Waals surface area contributed by atoms with Crippen molar-refractivity contribution in [3.05, 3.63) is 105 Å². The number of nitrogens with zero attached hydrogens (tertiary/aromatic N) is 2. The summed E-state index contributed by atoms with van der Waals surface area (Å²) in [6.45, 7) is 7.52. The van der Waals surface area contributed by atoms with Crippen molar-refractivity contribution >= 4 is 17.3 Å². The first kappa shape index (κ1) is 28.1. The third kappa shape index (κ3) is 6.98. The molecule has 1 aromatic heterocycles. The largest absolute Gasteiger partial charge is 0.489 e. The van der Waals surface area contributed by atoms with E-state index in [0.717, 1.165) is 59.2 Å². The SMILES string of the molecule is CCCC(CCC)c1ccc(OCc2ccc(-c3csc(CN4CCc5ccc(C(=O)O)cc5C4)n3)cc2)cc1. The van der Waals surface area contributed by atoms with E-state index < -0.39 is 5.97 Å². The van der Waals surface area contributed by atoms with Crippen LogP contribution < -0.4 is 4.74 Å². The van der Waals surface area contributed by atoms with E-state index in [1.54, 1.807) is 17.4 Å². The topological polar surface area (TPSA) is 62.7 Å². The van der Waals surface area contributed by atoms with Crippen LogP contribution in [0.4, 0.5) is 0 Å². The summed E-state index contributed by atoms with van der Waals surface area (Å²) in [5, 5.41) is 12.5. The van der Waals surface area contributed by atoms with Crippen molar-refractivity contribution in [2.45, 2.75) is 71.6 Å². The van der Waals surface area contributed by atoms with Crippen molar-refractivity contribution in [3.8, 4) is 17.0 Å². The van der Waals surface area contributed by atoms with Gasteiger partial charge in [0, 0.05) is 24.0 Å². The lowest BCUT2D eigenvalue weighted by Crippen LogP contribution is -2.30. The smallest absolute Gasteiger partial charge is 0.335 e. The van der Waals surface area contributed by atoms with Crippen LogP contribution in [0.1, 0.15) is 83.1 Å². The Hall–Kier alpha value is -3.48. The van der Waals surface area contributed by atoms with Gasteiger partial charge in [0.2, 0.25) is 0 Å². The van der Waals surface area contributed by atoms with E-state index in [1.807, 2.05) is 12.1 Å². The molecule has 3 aromatic carbocycles. The van der Waals surface area contributed by atoms with Crippen molar-refractivity contribution < 1.29 is 14.6 Å². The first-order valence-corrected chi connectivity index (χ1v) is 15.2. The highest BCUT2D eigenvalue weighted by Crippen LogP contribution is 2.29. The number of hydrogen-bond donors (Lipinski definition) is 1. The van der Waals surface area contributed by atoms with Crippen LogP contribution in [0, 0.1) is 0 Å². The second-order valence-corrected chi connectivity index (χ2v) is 11.6. The van der Waals surface area contributed by atoms with Crippen molar-refractivity contribution in [2.24, 2.45) is 0 Å². The molecule has 5 rings (SSSR count). The number of fused-ring (bicyclic) bond motifs is 1. The van der Waals surface area contributed by atoms with Gasteiger partial charge >= 0.3 is 5.97 Å². The number of ether oxygens (including phenoxy) is 1. The molecule has 208 valence electrons. The van der Waals surface area contributed by atoms with Crippen LogP contribution in [0.25, 0.3) is 11.3 Å². The minimum absolute atomic E-state index is 0.354. The molecule has 0 spiro atoms. The molecule has 0 unspecified atom stereocenters. The van der Waals surface area contributed by atoms with Crippen LogP contribution in [0.2, 0.25) is 0 Å². The highest BCUT2D eigenvalue weighted by molar-refractivity contribution is 7.09. The zero-order valence-electron chi connectivity index (χ0n) is 23.4. The molecule has 2 heterocycles. The third-order valence-corrected chi connectivity index (χ3v) is 8.57. The summed E-state index contributed by atoms with van der Waals surface area (Å²) in [4.78, 5) is 18.6. The lowest BCUT2D eigenvalue weighted by atomic mass is 9.90. The number of hydrogen-bond acceptors (Lipinski definition) is 5. The monoisotopic (exact) mass is 554 g/mol. The Labute approximate surface area is 241 Å². The molecule has 1 N–H and O–H groups in total. The quantitative estimate of drug-likeness (QED) is 0.191. The van der Waals surface area contributed by atoms with Crippen LogP contribution in [-0.4, -0.2) is 27.5 Å². The number of carboxylic acids is 1. The van der Waals surface area contributed by atoms with Crippen molar-refractivity contribution in [1.82, 2.24) is 9.88 Å². The highest BCUT2D eigenvalue weighted by atomic mass is 32.1. The standard InChI is InChI=1S/C34H38N2O3S/c1-3-5-25(6-4-2)26-13-15-31(16-14-26)39-22-24-7-9-28(10-8-24)32-23-40-33(35-32)21-36-18-17-27-11-12-29(34(37)38)19-30(27)20-36/h7-16,19,23,25H,3-6,17-18,20-22H2,1-2H3,(H,37,38). The molecule has 5 nitrogen and oxygen atoms in total. The van der Waals surface area contributed by atoms with Crippen molar-refractivity contribution in [3.63, 3.8) is 0 Å². The fraction of sp³-hybridized carbons (Fsp3) is 0.353. The summed E-state index contributed by atoms with van der Waals surface area (Å²) in [7, 11) is 0. The Bertz CT molecular complexity index is 1410. The molecule has 6 heteroatoms. The molecule has 0 amide bonds. The van der Waals surface area contributed by atoms with Crippen molar-refractivity contribution in [1.29, 1.82) is 0 Å². The fourth-order valence-corrected chi connectivity index (χ4v) is 6.38. The first-order valence-electron chi connectivity index (χ1n) is 14.4. The van der Waals surface area contributed by atoms with Crippen LogP contribution in [0.5, 0.6) is 5.75 Å². The zero-order chi connectivity index (χ0) is 27.9. The fourth-order valence-electron chi connectivity index (χ4n) is 5.54. The second-order valence-electron chi connectivity index (χ2n) is 10.7. The minimum atomic E-state index is -0.876. The number of aromatic carboxylic acids is 1. The molecule has 1 aliphatic heterocycles. The molecular formula is C34H38N2O3S. The van der Waals surface area contributed by atoms with Gasteiger partial charge in [0.15, 0.2) is 0 Å². The lowest BCUT2D eigenvalue weighted by Gasteiger charge is -2.28. The molecule has 0 bridgehead atoms. The summed E-state index contributed by atoms with van der Waals surface area (Å²) >= 11 is 1.68. The molecule has 0 atom stereocenters. The molecular weight excluding hydrogens is 516 g/mol. The molecule has 40 heavy (non-hydrogen) atoms. The van der Waals surface area contributed by atoms with Crippen LogP contribution >= 0.6 is 11.3 Å². The number of benzene rings is 3. The van der Waals surface area contributed by atoms with Gasteiger partial charge in [0.25, 0.3) is 0 Å². The average molecular weight is 555 g/mol. The van der Waals surface area contributed by atoms with E-state index in [4.69, 9.17) is 9.72 Å². The van der Waals surface area contributed by atoms with Crippen LogP contribution in [0.15, 0.2) is 72.1 Å². The van der Waals surface area contributed by atoms with Gasteiger partial charge in [-0.15, -0.1) is 11.3 Å². The zero-order valence-corrected chi connectivity index (χ0v) is 24.3. The second kappa shape index (κ2) is 13.2. The first-order chi connectivity index (χ1) is 19.5. The van der Waals surface area contributed by atoms with E-state index in [9.17, 15) is 9.90 Å². The van der Waals surface area contributed by atoms with Gasteiger partial charge in [-0.25, -0.2) is 9.78 Å². The van der Waals surface area contributed by atoms with Crippen molar-refractivity contribution in [2.75, 3.05) is 6.54 Å². The Balaban J connectivity index is 1.15. The van der Waals surface area contributed by atoms with Gasteiger partial charge in [0.05, 0.1) is 17.8 Å². The summed E-state index contributed by atoms with van der Waals surface area (Å²) in [5.41, 5.74) is 7.34. The Morgan fingerprint density at radius 2 is 1.75 bits per heavy atom. The minimum Gasteiger partial charge on any atom is -0.489 e. The highest BCUT2D eigenvalue weighted by Gasteiger charge is 2.19. The Kier molecular flexibility index (Phi) is 9.30.